The molecule has 0 heterocycles. The molecule has 4 rings (SSSR count). The van der Waals surface area contributed by atoms with Gasteiger partial charge in [0.05, 0.1) is 6.42 Å². The molecule has 2 aliphatic carbocycles. The predicted molar refractivity (Wildman–Crippen MR) is 119 cm³/mol. The summed E-state index contributed by atoms with van der Waals surface area (Å²) in [6, 6.07) is 16.4. The van der Waals surface area contributed by atoms with Gasteiger partial charge in [0, 0.05) is 5.41 Å². The molecule has 0 N–H and O–H groups in total. The molecule has 1 fully saturated rings. The zero-order valence-corrected chi connectivity index (χ0v) is 17.7. The maximum absolute atomic E-state index is 12.6. The Morgan fingerprint density at radius 2 is 1.86 bits per heavy atom. The van der Waals surface area contributed by atoms with Gasteiger partial charge in [-0.3, -0.25) is 4.79 Å². The van der Waals surface area contributed by atoms with E-state index in [-0.39, 0.29) is 11.4 Å². The number of esters is 1. The largest absolute Gasteiger partial charge is 0.427 e. The van der Waals surface area contributed by atoms with Gasteiger partial charge in [-0.2, -0.15) is 0 Å². The van der Waals surface area contributed by atoms with E-state index in [4.69, 9.17) is 4.74 Å². The standard InChI is InChI=1S/C27H30O2/c1-18(2)21-6-5-7-23(16-21)27(3,4)17-26(28)29-24-12-10-20(11-13-24)25-15-19-8-9-22(25)14-19/h5-13,16,19,22,25H,1,14-15,17H2,2-4H3. The molecule has 2 aromatic carbocycles. The molecule has 1 saturated carbocycles. The first-order valence-electron chi connectivity index (χ1n) is 10.6. The summed E-state index contributed by atoms with van der Waals surface area (Å²) in [5.74, 6) is 2.49. The van der Waals surface area contributed by atoms with Crippen LogP contribution in [-0.2, 0) is 10.2 Å². The van der Waals surface area contributed by atoms with Crippen molar-refractivity contribution in [2.45, 2.75) is 51.4 Å². The average molecular weight is 387 g/mol. The number of carbonyl (C=O) groups excluding carboxylic acids is 1. The summed E-state index contributed by atoms with van der Waals surface area (Å²) in [6.45, 7) is 10.2. The number of allylic oxidation sites excluding steroid dienone is 3. The molecule has 150 valence electrons. The lowest BCUT2D eigenvalue weighted by Gasteiger charge is -2.25. The molecule has 0 aliphatic heterocycles. The highest BCUT2D eigenvalue weighted by Crippen LogP contribution is 2.48. The van der Waals surface area contributed by atoms with E-state index in [1.165, 1.54) is 18.4 Å². The number of ether oxygens (including phenoxy) is 1. The van der Waals surface area contributed by atoms with Crippen molar-refractivity contribution in [1.29, 1.82) is 0 Å². The summed E-state index contributed by atoms with van der Waals surface area (Å²) in [5, 5.41) is 0. The van der Waals surface area contributed by atoms with Crippen LogP contribution in [0, 0.1) is 11.8 Å². The van der Waals surface area contributed by atoms with Crippen molar-refractivity contribution < 1.29 is 9.53 Å². The van der Waals surface area contributed by atoms with Gasteiger partial charge in [0.25, 0.3) is 0 Å². The molecule has 0 amide bonds. The lowest BCUT2D eigenvalue weighted by atomic mass is 9.80. The summed E-state index contributed by atoms with van der Waals surface area (Å²) < 4.78 is 5.66. The average Bonchev–Trinajstić information content (AvgIpc) is 3.32. The van der Waals surface area contributed by atoms with Crippen molar-refractivity contribution in [3.8, 4) is 5.75 Å². The van der Waals surface area contributed by atoms with E-state index < -0.39 is 0 Å². The minimum Gasteiger partial charge on any atom is -0.427 e. The number of carbonyl (C=O) groups is 1. The minimum absolute atomic E-state index is 0.202. The number of fused-ring (bicyclic) bond motifs is 2. The second-order valence-electron chi connectivity index (χ2n) is 9.35. The fourth-order valence-corrected chi connectivity index (χ4v) is 4.78. The van der Waals surface area contributed by atoms with Gasteiger partial charge in [-0.1, -0.05) is 74.5 Å². The fourth-order valence-electron chi connectivity index (χ4n) is 4.78. The summed E-state index contributed by atoms with van der Waals surface area (Å²) in [4.78, 5) is 12.6. The molecule has 2 nitrogen and oxygen atoms in total. The Bertz CT molecular complexity index is 949. The van der Waals surface area contributed by atoms with Crippen molar-refractivity contribution in [3.05, 3.63) is 84.0 Å². The third-order valence-electron chi connectivity index (χ3n) is 6.54. The third kappa shape index (κ3) is 4.22. The van der Waals surface area contributed by atoms with Gasteiger partial charge in [-0.25, -0.2) is 0 Å². The molecule has 2 heteroatoms. The van der Waals surface area contributed by atoms with E-state index in [1.54, 1.807) is 0 Å². The zero-order valence-electron chi connectivity index (χ0n) is 17.7. The van der Waals surface area contributed by atoms with Gasteiger partial charge in [0.15, 0.2) is 0 Å². The van der Waals surface area contributed by atoms with Gasteiger partial charge in [-0.15, -0.1) is 0 Å². The first kappa shape index (κ1) is 19.7. The molecule has 3 unspecified atom stereocenters. The molecular formula is C27H30O2. The molecule has 0 saturated heterocycles. The summed E-state index contributed by atoms with van der Waals surface area (Å²) in [7, 11) is 0. The molecule has 3 atom stereocenters. The van der Waals surface area contributed by atoms with Crippen LogP contribution in [0.3, 0.4) is 0 Å². The smallest absolute Gasteiger partial charge is 0.312 e. The highest BCUT2D eigenvalue weighted by atomic mass is 16.5. The van der Waals surface area contributed by atoms with Crippen LogP contribution in [0.5, 0.6) is 5.75 Å². The highest BCUT2D eigenvalue weighted by Gasteiger charge is 2.36. The maximum atomic E-state index is 12.6. The van der Waals surface area contributed by atoms with Crippen molar-refractivity contribution in [3.63, 3.8) is 0 Å². The van der Waals surface area contributed by atoms with E-state index in [9.17, 15) is 4.79 Å². The van der Waals surface area contributed by atoms with Crippen LogP contribution in [0.15, 0.2) is 67.3 Å². The summed E-state index contributed by atoms with van der Waals surface area (Å²) in [6.07, 6.45) is 7.61. The number of hydrogen-bond donors (Lipinski definition) is 0. The molecule has 2 aliphatic rings. The van der Waals surface area contributed by atoms with Gasteiger partial charge < -0.3 is 4.74 Å². The van der Waals surface area contributed by atoms with E-state index in [0.717, 1.165) is 22.6 Å². The topological polar surface area (TPSA) is 26.3 Å². The second-order valence-corrected chi connectivity index (χ2v) is 9.35. The third-order valence-corrected chi connectivity index (χ3v) is 6.54. The Hall–Kier alpha value is -2.61. The minimum atomic E-state index is -0.308. The number of rotatable bonds is 6. The van der Waals surface area contributed by atoms with Crippen LogP contribution >= 0.6 is 0 Å². The van der Waals surface area contributed by atoms with E-state index in [0.29, 0.717) is 24.0 Å². The quantitative estimate of drug-likeness (QED) is 0.315. The molecule has 29 heavy (non-hydrogen) atoms. The molecular weight excluding hydrogens is 356 g/mol. The van der Waals surface area contributed by atoms with Gasteiger partial charge in [-0.05, 0) is 66.3 Å². The van der Waals surface area contributed by atoms with E-state index in [2.05, 4.69) is 56.8 Å². The Morgan fingerprint density at radius 3 is 2.48 bits per heavy atom. The van der Waals surface area contributed by atoms with Gasteiger partial charge >= 0.3 is 5.97 Å². The number of hydrogen-bond acceptors (Lipinski definition) is 2. The Morgan fingerprint density at radius 1 is 1.10 bits per heavy atom. The summed E-state index contributed by atoms with van der Waals surface area (Å²) >= 11 is 0. The molecule has 0 spiro atoms. The van der Waals surface area contributed by atoms with E-state index in [1.807, 2.05) is 31.2 Å². The lowest BCUT2D eigenvalue weighted by Crippen LogP contribution is -2.24. The van der Waals surface area contributed by atoms with Gasteiger partial charge in [0.2, 0.25) is 0 Å². The van der Waals surface area contributed by atoms with Crippen LogP contribution in [0.2, 0.25) is 0 Å². The first-order valence-corrected chi connectivity index (χ1v) is 10.6. The number of benzene rings is 2. The van der Waals surface area contributed by atoms with Crippen LogP contribution in [0.1, 0.15) is 62.6 Å². The summed E-state index contributed by atoms with van der Waals surface area (Å²) in [5.41, 5.74) is 4.30. The second kappa shape index (κ2) is 7.67. The van der Waals surface area contributed by atoms with Crippen molar-refractivity contribution in [2.24, 2.45) is 11.8 Å². The lowest BCUT2D eigenvalue weighted by molar-refractivity contribution is -0.135. The molecule has 2 aromatic rings. The SMILES string of the molecule is C=C(C)c1cccc(C(C)(C)CC(=O)Oc2ccc(C3CC4C=CC3C4)cc2)c1. The Kier molecular flexibility index (Phi) is 5.21. The molecule has 2 bridgehead atoms. The predicted octanol–water partition coefficient (Wildman–Crippen LogP) is 6.67. The Labute approximate surface area is 174 Å². The van der Waals surface area contributed by atoms with Crippen molar-refractivity contribution in [1.82, 2.24) is 0 Å². The molecule has 0 radical (unpaired) electrons. The van der Waals surface area contributed by atoms with Gasteiger partial charge in [0.1, 0.15) is 5.75 Å². The molecule has 0 aromatic heterocycles. The monoisotopic (exact) mass is 386 g/mol. The zero-order chi connectivity index (χ0) is 20.6. The van der Waals surface area contributed by atoms with Crippen LogP contribution < -0.4 is 4.74 Å². The van der Waals surface area contributed by atoms with Crippen molar-refractivity contribution >= 4 is 11.5 Å². The van der Waals surface area contributed by atoms with E-state index >= 15 is 0 Å². The maximum Gasteiger partial charge on any atom is 0.312 e. The van der Waals surface area contributed by atoms with Crippen LogP contribution in [0.4, 0.5) is 0 Å². The normalized spacial score (nSPS) is 22.7. The fraction of sp³-hybridized carbons (Fsp3) is 0.370. The van der Waals surface area contributed by atoms with Crippen molar-refractivity contribution in [2.75, 3.05) is 0 Å². The van der Waals surface area contributed by atoms with Crippen LogP contribution in [-0.4, -0.2) is 5.97 Å². The Balaban J connectivity index is 1.39. The van der Waals surface area contributed by atoms with Crippen LogP contribution in [0.25, 0.3) is 5.57 Å². The highest BCUT2D eigenvalue weighted by molar-refractivity contribution is 5.74. The first-order chi connectivity index (χ1) is 13.8.